The van der Waals surface area contributed by atoms with Crippen molar-refractivity contribution in [1.29, 1.82) is 0 Å². The lowest BCUT2D eigenvalue weighted by Crippen LogP contribution is -2.58. The second-order valence-electron chi connectivity index (χ2n) is 11.7. The molecule has 290 valence electrons. The van der Waals surface area contributed by atoms with E-state index in [9.17, 15) is 54.9 Å². The molecule has 10 atom stereocenters. The normalized spacial score (nSPS) is 29.8. The topological polar surface area (TPSA) is 305 Å². The largest absolute Gasteiger partial charge is 0.388 e. The summed E-state index contributed by atoms with van der Waals surface area (Å²) in [4.78, 5) is 50.1. The highest BCUT2D eigenvalue weighted by molar-refractivity contribution is 5.84. The first-order valence-corrected chi connectivity index (χ1v) is 16.2. The quantitative estimate of drug-likeness (QED) is 0.0437. The molecule has 0 aromatic carbocycles. The highest BCUT2D eigenvalue weighted by Gasteiger charge is 2.44. The van der Waals surface area contributed by atoms with Crippen LogP contribution in [-0.2, 0) is 47.6 Å². The molecule has 2 saturated heterocycles. The van der Waals surface area contributed by atoms with Crippen molar-refractivity contribution in [3.63, 3.8) is 0 Å². The summed E-state index contributed by atoms with van der Waals surface area (Å²) >= 11 is 0. The average Bonchev–Trinajstić information content (AvgIpc) is 3.06. The molecule has 0 saturated carbocycles. The van der Waals surface area contributed by atoms with Crippen molar-refractivity contribution in [3.05, 3.63) is 0 Å². The maximum Gasteiger partial charge on any atom is 0.234 e. The third-order valence-electron chi connectivity index (χ3n) is 7.41. The van der Waals surface area contributed by atoms with Gasteiger partial charge in [-0.2, -0.15) is 0 Å². The van der Waals surface area contributed by atoms with Crippen LogP contribution in [0.3, 0.4) is 0 Å². The average molecular weight is 729 g/mol. The molecule has 0 aromatic heterocycles. The summed E-state index contributed by atoms with van der Waals surface area (Å²) in [6.45, 7) is 2.32. The summed E-state index contributed by atoms with van der Waals surface area (Å²) in [6, 6.07) is 0. The number of aliphatic hydroxyl groups is 7. The van der Waals surface area contributed by atoms with Crippen LogP contribution in [0, 0.1) is 0 Å². The van der Waals surface area contributed by atoms with Gasteiger partial charge in [-0.25, -0.2) is 0 Å². The molecular formula is C29H52N4O17. The van der Waals surface area contributed by atoms with Gasteiger partial charge in [0.05, 0.1) is 65.4 Å². The van der Waals surface area contributed by atoms with Crippen LogP contribution in [0.4, 0.5) is 0 Å². The number of Topliss-reactive ketones (excluding diaryl/α,β-unsaturated/α-hetero) is 1. The van der Waals surface area contributed by atoms with E-state index in [-0.39, 0.29) is 71.6 Å². The fourth-order valence-corrected chi connectivity index (χ4v) is 4.60. The van der Waals surface area contributed by atoms with Crippen LogP contribution in [0.1, 0.15) is 20.3 Å². The van der Waals surface area contributed by atoms with Crippen LogP contribution in [0.25, 0.3) is 0 Å². The number of ketones is 1. The van der Waals surface area contributed by atoms with Crippen LogP contribution in [0.2, 0.25) is 0 Å². The minimum absolute atomic E-state index is 0.0142. The Bertz CT molecular complexity index is 988. The Hall–Kier alpha value is -2.48. The van der Waals surface area contributed by atoms with Crippen LogP contribution in [0.5, 0.6) is 0 Å². The first kappa shape index (κ1) is 43.7. The van der Waals surface area contributed by atoms with Gasteiger partial charge in [-0.15, -0.1) is 0 Å². The summed E-state index contributed by atoms with van der Waals surface area (Å²) in [5.74, 6) is -1.69. The predicted molar refractivity (Wildman–Crippen MR) is 166 cm³/mol. The molecule has 21 nitrogen and oxygen atoms in total. The summed E-state index contributed by atoms with van der Waals surface area (Å²) in [7, 11) is 0. The van der Waals surface area contributed by atoms with E-state index in [0.717, 1.165) is 0 Å². The number of carbonyl (C=O) groups excluding carboxylic acids is 4. The molecule has 50 heavy (non-hydrogen) atoms. The van der Waals surface area contributed by atoms with Gasteiger partial charge in [-0.05, 0) is 13.8 Å². The lowest BCUT2D eigenvalue weighted by Gasteiger charge is -2.38. The maximum absolute atomic E-state index is 12.7. The monoisotopic (exact) mass is 728 g/mol. The number of nitrogens with one attached hydrogen (secondary N) is 3. The predicted octanol–water partition coefficient (Wildman–Crippen LogP) is -6.73. The van der Waals surface area contributed by atoms with Gasteiger partial charge in [-0.3, -0.25) is 24.1 Å². The molecule has 2 aliphatic heterocycles. The lowest BCUT2D eigenvalue weighted by atomic mass is 10.0. The number of carbonyl (C=O) groups is 4. The van der Waals surface area contributed by atoms with E-state index in [1.807, 2.05) is 0 Å². The van der Waals surface area contributed by atoms with Gasteiger partial charge in [0.1, 0.15) is 42.4 Å². The number of hydrogen-bond donors (Lipinski definition) is 10. The van der Waals surface area contributed by atoms with E-state index in [4.69, 9.17) is 28.4 Å². The molecule has 0 aliphatic carbocycles. The number of hydrogen-bond acceptors (Lipinski definition) is 18. The number of ether oxygens (including phenoxy) is 6. The van der Waals surface area contributed by atoms with E-state index in [2.05, 4.69) is 16.0 Å². The second kappa shape index (κ2) is 23.2. The molecule has 2 heterocycles. The van der Waals surface area contributed by atoms with Gasteiger partial charge < -0.3 is 80.1 Å². The standard InChI is InChI=1S/C29H52N4O17/c1-16(34)3-7-45-11-12-46-8-4-30-18(35)13-33(14-19(36)31-5-9-47-28-25(42)22(39)21(38)17(2)49-28)15-20(37)32-6-10-48-29-26(43)23(40)24(41)27(44)50-29/h17,21-29,38-44H,3-15H2,1-2H3,(H,30,35)(H,31,36)(H,32,37)/t17-,21+,22+,23+,24-,25-,26-,27+,28+,29+/m0/s1. The van der Waals surface area contributed by atoms with E-state index < -0.39 is 92.4 Å². The first-order chi connectivity index (χ1) is 23.7. The van der Waals surface area contributed by atoms with E-state index >= 15 is 0 Å². The van der Waals surface area contributed by atoms with Crippen molar-refractivity contribution in [3.8, 4) is 0 Å². The van der Waals surface area contributed by atoms with E-state index in [0.29, 0.717) is 6.42 Å². The second-order valence-corrected chi connectivity index (χ2v) is 11.7. The molecule has 0 bridgehead atoms. The fraction of sp³-hybridized carbons (Fsp3) is 0.862. The van der Waals surface area contributed by atoms with Crippen molar-refractivity contribution < 1.29 is 83.3 Å². The zero-order valence-electron chi connectivity index (χ0n) is 28.1. The van der Waals surface area contributed by atoms with Gasteiger partial charge in [-0.1, -0.05) is 0 Å². The van der Waals surface area contributed by atoms with Crippen molar-refractivity contribution in [2.24, 2.45) is 0 Å². The van der Waals surface area contributed by atoms with Crippen LogP contribution >= 0.6 is 0 Å². The number of amides is 3. The summed E-state index contributed by atoms with van der Waals surface area (Å²) in [5.41, 5.74) is 0. The van der Waals surface area contributed by atoms with Crippen LogP contribution in [-0.4, -0.2) is 205 Å². The molecule has 0 aromatic rings. The summed E-state index contributed by atoms with van der Waals surface area (Å²) in [6.07, 6.45) is -14.5. The van der Waals surface area contributed by atoms with Gasteiger partial charge in [0, 0.05) is 26.1 Å². The van der Waals surface area contributed by atoms with Crippen molar-refractivity contribution in [2.75, 3.05) is 78.9 Å². The Morgan fingerprint density at radius 2 is 1.02 bits per heavy atom. The molecule has 0 radical (unpaired) electrons. The lowest BCUT2D eigenvalue weighted by molar-refractivity contribution is -0.339. The van der Waals surface area contributed by atoms with Crippen LogP contribution < -0.4 is 16.0 Å². The van der Waals surface area contributed by atoms with Crippen LogP contribution in [0.15, 0.2) is 0 Å². The Morgan fingerprint density at radius 1 is 0.580 bits per heavy atom. The Labute approximate surface area is 288 Å². The number of nitrogens with zero attached hydrogens (tertiary/aromatic N) is 1. The van der Waals surface area contributed by atoms with Gasteiger partial charge >= 0.3 is 0 Å². The third kappa shape index (κ3) is 15.8. The minimum Gasteiger partial charge on any atom is -0.388 e. The zero-order valence-corrected chi connectivity index (χ0v) is 28.1. The third-order valence-corrected chi connectivity index (χ3v) is 7.41. The molecule has 2 aliphatic rings. The molecule has 10 N–H and O–H groups in total. The first-order valence-electron chi connectivity index (χ1n) is 16.2. The zero-order chi connectivity index (χ0) is 37.2. The molecule has 3 amide bonds. The molecule has 2 fully saturated rings. The highest BCUT2D eigenvalue weighted by Crippen LogP contribution is 2.22. The molecule has 2 rings (SSSR count). The SMILES string of the molecule is CC(=O)CCOCCOCCNC(=O)CN(CC(=O)NCCO[C@@H]1O[C@@H](C)[C@@H](O)[C@@H](O)[C@@H]1O)CC(=O)NCCO[C@@H]1O[C@@H](O)[C@@H](O)[C@@H](O)[C@@H]1O. The Kier molecular flexibility index (Phi) is 20.2. The van der Waals surface area contributed by atoms with E-state index in [1.165, 1.54) is 18.7 Å². The van der Waals surface area contributed by atoms with Gasteiger partial charge in [0.15, 0.2) is 18.9 Å². The van der Waals surface area contributed by atoms with Crippen molar-refractivity contribution in [1.82, 2.24) is 20.9 Å². The minimum atomic E-state index is -1.80. The Balaban J connectivity index is 1.79. The molecule has 21 heteroatoms. The van der Waals surface area contributed by atoms with E-state index in [1.54, 1.807) is 0 Å². The summed E-state index contributed by atoms with van der Waals surface area (Å²) < 4.78 is 31.5. The van der Waals surface area contributed by atoms with Gasteiger partial charge in [0.2, 0.25) is 17.7 Å². The summed E-state index contributed by atoms with van der Waals surface area (Å²) in [5, 5.41) is 76.3. The van der Waals surface area contributed by atoms with Crippen molar-refractivity contribution in [2.45, 2.75) is 81.9 Å². The fourth-order valence-electron chi connectivity index (χ4n) is 4.60. The molecule has 0 unspecified atom stereocenters. The maximum atomic E-state index is 12.7. The Morgan fingerprint density at radius 3 is 1.52 bits per heavy atom. The number of aliphatic hydroxyl groups excluding tert-OH is 7. The highest BCUT2D eigenvalue weighted by atomic mass is 16.7. The molecule has 0 spiro atoms. The molecular weight excluding hydrogens is 676 g/mol. The van der Waals surface area contributed by atoms with Gasteiger partial charge in [0.25, 0.3) is 0 Å². The van der Waals surface area contributed by atoms with Crippen molar-refractivity contribution >= 4 is 23.5 Å². The smallest absolute Gasteiger partial charge is 0.234 e. The number of rotatable bonds is 23.